The van der Waals surface area contributed by atoms with E-state index in [1.807, 2.05) is 26.0 Å². The molecule has 1 atom stereocenters. The molecule has 0 aliphatic heterocycles. The summed E-state index contributed by atoms with van der Waals surface area (Å²) < 4.78 is 21.5. The van der Waals surface area contributed by atoms with Crippen LogP contribution in [0.1, 0.15) is 22.8 Å². The van der Waals surface area contributed by atoms with Gasteiger partial charge in [-0.3, -0.25) is 4.79 Å². The van der Waals surface area contributed by atoms with Gasteiger partial charge in [-0.05, 0) is 37.6 Å². The fourth-order valence-electron chi connectivity index (χ4n) is 2.01. The highest BCUT2D eigenvalue weighted by Crippen LogP contribution is 2.28. The lowest BCUT2D eigenvalue weighted by molar-refractivity contribution is 0.112. The van der Waals surface area contributed by atoms with Crippen molar-refractivity contribution in [1.82, 2.24) is 9.78 Å². The minimum absolute atomic E-state index is 0.0220. The van der Waals surface area contributed by atoms with Gasteiger partial charge in [0.2, 0.25) is 5.95 Å². The zero-order valence-electron chi connectivity index (χ0n) is 12.1. The lowest BCUT2D eigenvalue weighted by Crippen LogP contribution is -2.13. The highest BCUT2D eigenvalue weighted by atomic mass is 127. The second kappa shape index (κ2) is 6.55. The van der Waals surface area contributed by atoms with E-state index in [4.69, 9.17) is 4.74 Å². The van der Waals surface area contributed by atoms with E-state index in [2.05, 4.69) is 27.7 Å². The predicted octanol–water partition coefficient (Wildman–Crippen LogP) is 3.55. The monoisotopic (exact) mass is 402 g/mol. The van der Waals surface area contributed by atoms with Crippen LogP contribution in [0.3, 0.4) is 0 Å². The lowest BCUT2D eigenvalue weighted by atomic mass is 10.1. The number of aromatic nitrogens is 2. The molecule has 112 valence electrons. The molecule has 2 rings (SSSR count). The fourth-order valence-corrected chi connectivity index (χ4v) is 2.19. The maximum atomic E-state index is 13.7. The van der Waals surface area contributed by atoms with Crippen LogP contribution < -0.4 is 4.74 Å². The van der Waals surface area contributed by atoms with Crippen molar-refractivity contribution < 1.29 is 13.9 Å². The van der Waals surface area contributed by atoms with Crippen LogP contribution in [0.25, 0.3) is 11.3 Å². The summed E-state index contributed by atoms with van der Waals surface area (Å²) in [7, 11) is 1.47. The third kappa shape index (κ3) is 3.25. The van der Waals surface area contributed by atoms with E-state index < -0.39 is 5.95 Å². The Morgan fingerprint density at radius 2 is 2.24 bits per heavy atom. The second-order valence-corrected chi connectivity index (χ2v) is 5.74. The molecule has 0 aliphatic rings. The van der Waals surface area contributed by atoms with Gasteiger partial charge in [-0.15, -0.1) is 0 Å². The van der Waals surface area contributed by atoms with Gasteiger partial charge in [-0.2, -0.15) is 9.49 Å². The van der Waals surface area contributed by atoms with Gasteiger partial charge in [0, 0.05) is 17.0 Å². The van der Waals surface area contributed by atoms with Crippen LogP contribution in [0.15, 0.2) is 18.2 Å². The second-order valence-electron chi connectivity index (χ2n) is 4.86. The fraction of sp³-hybridized carbons (Fsp3) is 0.333. The molecule has 1 aromatic carbocycles. The van der Waals surface area contributed by atoms with E-state index in [0.29, 0.717) is 17.5 Å². The molecule has 0 N–H and O–H groups in total. The Hall–Kier alpha value is -1.44. The smallest absolute Gasteiger partial charge is 0.222 e. The Balaban J connectivity index is 2.41. The third-order valence-corrected chi connectivity index (χ3v) is 4.36. The normalized spacial score (nSPS) is 12.2. The Labute approximate surface area is 136 Å². The predicted molar refractivity (Wildman–Crippen MR) is 87.7 cm³/mol. The minimum Gasteiger partial charge on any atom is -0.490 e. The van der Waals surface area contributed by atoms with Gasteiger partial charge in [-0.25, -0.2) is 4.68 Å². The first-order valence-corrected chi connectivity index (χ1v) is 8.01. The molecule has 4 nitrogen and oxygen atoms in total. The van der Waals surface area contributed by atoms with E-state index >= 15 is 0 Å². The Morgan fingerprint density at radius 1 is 1.52 bits per heavy atom. The summed E-state index contributed by atoms with van der Waals surface area (Å²) in [4.78, 5) is 11.1. The van der Waals surface area contributed by atoms with Gasteiger partial charge < -0.3 is 4.74 Å². The molecule has 6 heteroatoms. The van der Waals surface area contributed by atoms with Crippen molar-refractivity contribution in [2.24, 2.45) is 7.05 Å². The van der Waals surface area contributed by atoms with Crippen LogP contribution in [0, 0.1) is 12.9 Å². The molecular formula is C15H16FIN2O2. The van der Waals surface area contributed by atoms with Crippen molar-refractivity contribution in [1.29, 1.82) is 0 Å². The summed E-state index contributed by atoms with van der Waals surface area (Å²) in [5.74, 6) is 0.156. The van der Waals surface area contributed by atoms with E-state index in [9.17, 15) is 9.18 Å². The molecule has 0 amide bonds. The molecule has 0 saturated carbocycles. The molecule has 0 fully saturated rings. The van der Waals surface area contributed by atoms with Crippen LogP contribution >= 0.6 is 22.6 Å². The quantitative estimate of drug-likeness (QED) is 0.437. The molecule has 21 heavy (non-hydrogen) atoms. The highest BCUT2D eigenvalue weighted by molar-refractivity contribution is 14.1. The number of aryl methyl sites for hydroxylation is 2. The molecular weight excluding hydrogens is 386 g/mol. The summed E-state index contributed by atoms with van der Waals surface area (Å²) in [6.07, 6.45) is 0.614. The number of ether oxygens (including phenoxy) is 1. The van der Waals surface area contributed by atoms with Crippen LogP contribution in [-0.2, 0) is 7.05 Å². The Kier molecular flexibility index (Phi) is 4.97. The van der Waals surface area contributed by atoms with E-state index in [0.717, 1.165) is 20.4 Å². The van der Waals surface area contributed by atoms with Gasteiger partial charge in [0.15, 0.2) is 6.29 Å². The molecule has 0 spiro atoms. The summed E-state index contributed by atoms with van der Waals surface area (Å²) in [6.45, 7) is 3.91. The molecule has 1 unspecified atom stereocenters. The molecule has 1 aromatic heterocycles. The first-order chi connectivity index (χ1) is 9.97. The number of alkyl halides is 1. The number of benzene rings is 1. The first kappa shape index (κ1) is 15.9. The topological polar surface area (TPSA) is 44.1 Å². The maximum absolute atomic E-state index is 13.7. The number of aldehydes is 1. The number of halogens is 2. The van der Waals surface area contributed by atoms with Crippen molar-refractivity contribution in [3.05, 3.63) is 35.3 Å². The standard InChI is InChI=1S/C15H16FIN2O2/c1-9-6-11(4-5-13(9)21-10(2)7-17)14-12(8-20)15(16)19(3)18-14/h4-6,8,10H,7H2,1-3H3. The van der Waals surface area contributed by atoms with Gasteiger partial charge >= 0.3 is 0 Å². The Bertz CT molecular complexity index is 670. The van der Waals surface area contributed by atoms with Crippen LogP contribution in [0.4, 0.5) is 4.39 Å². The van der Waals surface area contributed by atoms with Crippen molar-refractivity contribution in [2.45, 2.75) is 20.0 Å². The first-order valence-electron chi connectivity index (χ1n) is 6.49. The average Bonchev–Trinajstić information content (AvgIpc) is 2.76. The number of hydrogen-bond acceptors (Lipinski definition) is 3. The largest absolute Gasteiger partial charge is 0.490 e. The molecule has 2 aromatic rings. The van der Waals surface area contributed by atoms with Crippen molar-refractivity contribution in [3.8, 4) is 17.0 Å². The van der Waals surface area contributed by atoms with Gasteiger partial charge in [0.25, 0.3) is 0 Å². The average molecular weight is 402 g/mol. The molecule has 1 heterocycles. The minimum atomic E-state index is -0.628. The lowest BCUT2D eigenvalue weighted by Gasteiger charge is -2.14. The molecule has 0 radical (unpaired) electrons. The van der Waals surface area contributed by atoms with Gasteiger partial charge in [0.1, 0.15) is 17.5 Å². The zero-order chi connectivity index (χ0) is 15.6. The number of nitrogens with zero attached hydrogens (tertiary/aromatic N) is 2. The van der Waals surface area contributed by atoms with E-state index in [1.54, 1.807) is 6.07 Å². The van der Waals surface area contributed by atoms with Crippen molar-refractivity contribution >= 4 is 28.9 Å². The maximum Gasteiger partial charge on any atom is 0.222 e. The number of rotatable bonds is 5. The summed E-state index contributed by atoms with van der Waals surface area (Å²) in [5.41, 5.74) is 1.95. The van der Waals surface area contributed by atoms with Gasteiger partial charge in [-0.1, -0.05) is 22.6 Å². The number of carbonyl (C=O) groups is 1. The number of hydrogen-bond donors (Lipinski definition) is 0. The van der Waals surface area contributed by atoms with Crippen LogP contribution in [0.5, 0.6) is 5.75 Å². The van der Waals surface area contributed by atoms with E-state index in [1.165, 1.54) is 7.05 Å². The summed E-state index contributed by atoms with van der Waals surface area (Å²) in [6, 6.07) is 5.47. The van der Waals surface area contributed by atoms with Crippen LogP contribution in [-0.4, -0.2) is 26.6 Å². The zero-order valence-corrected chi connectivity index (χ0v) is 14.2. The highest BCUT2D eigenvalue weighted by Gasteiger charge is 2.17. The third-order valence-electron chi connectivity index (χ3n) is 3.12. The summed E-state index contributed by atoms with van der Waals surface area (Å²) in [5, 5.41) is 4.07. The van der Waals surface area contributed by atoms with E-state index in [-0.39, 0.29) is 11.7 Å². The molecule has 0 saturated heterocycles. The van der Waals surface area contributed by atoms with Gasteiger partial charge in [0.05, 0.1) is 5.56 Å². The molecule has 0 bridgehead atoms. The SMILES string of the molecule is Cc1cc(-c2nn(C)c(F)c2C=O)ccc1OC(C)CI. The number of carbonyl (C=O) groups excluding carboxylic acids is 1. The van der Waals surface area contributed by atoms with Crippen LogP contribution in [0.2, 0.25) is 0 Å². The summed E-state index contributed by atoms with van der Waals surface area (Å²) >= 11 is 2.27. The molecule has 0 aliphatic carbocycles. The van der Waals surface area contributed by atoms with Crippen molar-refractivity contribution in [2.75, 3.05) is 4.43 Å². The van der Waals surface area contributed by atoms with Crippen molar-refractivity contribution in [3.63, 3.8) is 0 Å². The Morgan fingerprint density at radius 3 is 2.81 bits per heavy atom.